The van der Waals surface area contributed by atoms with Gasteiger partial charge in [-0.25, -0.2) is 4.98 Å². The van der Waals surface area contributed by atoms with Gasteiger partial charge in [-0.1, -0.05) is 25.5 Å². The minimum atomic E-state index is -0.796. The average molecular weight is 555 g/mol. The molecule has 3 atom stereocenters. The van der Waals surface area contributed by atoms with E-state index in [9.17, 15) is 14.7 Å². The van der Waals surface area contributed by atoms with E-state index in [1.807, 2.05) is 27.8 Å². The Balaban J connectivity index is 1.52. The molecule has 220 valence electrons. The fourth-order valence-corrected chi connectivity index (χ4v) is 6.20. The largest absolute Gasteiger partial charge is 0.493 e. The van der Waals surface area contributed by atoms with Crippen molar-refractivity contribution in [1.29, 1.82) is 0 Å². The number of rotatable bonds is 15. The first-order valence-corrected chi connectivity index (χ1v) is 14.9. The SMILES string of the molecule is CCCCN(CCCC[N+](C)(C)C)C(=O)CN1C[C@H](c2ccc3c(c2)CCO3)C(C(=O)O)[C@@H]1CCn1ccnc1. The predicted molar refractivity (Wildman–Crippen MR) is 155 cm³/mol. The van der Waals surface area contributed by atoms with E-state index in [0.29, 0.717) is 26.1 Å². The molecule has 2 aliphatic heterocycles. The van der Waals surface area contributed by atoms with Gasteiger partial charge in [0.05, 0.1) is 53.1 Å². The maximum atomic E-state index is 13.7. The van der Waals surface area contributed by atoms with E-state index in [-0.39, 0.29) is 24.4 Å². The van der Waals surface area contributed by atoms with Crippen LogP contribution in [0.1, 0.15) is 56.1 Å². The van der Waals surface area contributed by atoms with Gasteiger partial charge in [0.15, 0.2) is 0 Å². The molecule has 1 aromatic heterocycles. The molecule has 9 heteroatoms. The zero-order valence-electron chi connectivity index (χ0n) is 24.8. The molecular weight excluding hydrogens is 506 g/mol. The number of fused-ring (bicyclic) bond motifs is 1. The third kappa shape index (κ3) is 7.85. The highest BCUT2D eigenvalue weighted by Gasteiger charge is 2.47. The van der Waals surface area contributed by atoms with E-state index >= 15 is 0 Å². The smallest absolute Gasteiger partial charge is 0.308 e. The number of likely N-dealkylation sites (tertiary alicyclic amines) is 1. The van der Waals surface area contributed by atoms with Crippen molar-refractivity contribution in [3.63, 3.8) is 0 Å². The van der Waals surface area contributed by atoms with Gasteiger partial charge in [-0.15, -0.1) is 0 Å². The Bertz CT molecular complexity index is 1110. The second kappa shape index (κ2) is 13.6. The number of carbonyl (C=O) groups is 2. The Morgan fingerprint density at radius 1 is 1.18 bits per heavy atom. The maximum absolute atomic E-state index is 13.7. The topological polar surface area (TPSA) is 87.9 Å². The van der Waals surface area contributed by atoms with Crippen LogP contribution in [0.3, 0.4) is 0 Å². The van der Waals surface area contributed by atoms with Crippen LogP contribution in [0.5, 0.6) is 5.75 Å². The number of amides is 1. The molecule has 40 heavy (non-hydrogen) atoms. The van der Waals surface area contributed by atoms with Crippen LogP contribution in [-0.2, 0) is 22.6 Å². The van der Waals surface area contributed by atoms with Crippen molar-refractivity contribution in [2.24, 2.45) is 5.92 Å². The molecule has 1 N–H and O–H groups in total. The molecule has 1 unspecified atom stereocenters. The number of benzene rings is 1. The zero-order valence-corrected chi connectivity index (χ0v) is 24.8. The lowest BCUT2D eigenvalue weighted by molar-refractivity contribution is -0.870. The minimum absolute atomic E-state index is 0.110. The summed E-state index contributed by atoms with van der Waals surface area (Å²) in [5, 5.41) is 10.5. The van der Waals surface area contributed by atoms with E-state index in [2.05, 4.69) is 44.0 Å². The lowest BCUT2D eigenvalue weighted by atomic mass is 9.83. The molecule has 2 aromatic rings. The Hall–Kier alpha value is -2.91. The molecule has 0 aliphatic carbocycles. The number of ether oxygens (including phenoxy) is 1. The fourth-order valence-electron chi connectivity index (χ4n) is 6.20. The fraction of sp³-hybridized carbons (Fsp3) is 0.645. The number of imidazole rings is 1. The molecule has 1 saturated heterocycles. The lowest BCUT2D eigenvalue weighted by Gasteiger charge is -2.30. The van der Waals surface area contributed by atoms with E-state index in [1.165, 1.54) is 0 Å². The third-order valence-electron chi connectivity index (χ3n) is 8.40. The van der Waals surface area contributed by atoms with Crippen molar-refractivity contribution in [2.75, 3.05) is 60.5 Å². The van der Waals surface area contributed by atoms with Crippen LogP contribution in [0.2, 0.25) is 0 Å². The molecule has 0 saturated carbocycles. The van der Waals surface area contributed by atoms with E-state index in [1.54, 1.807) is 12.5 Å². The van der Waals surface area contributed by atoms with Crippen LogP contribution < -0.4 is 4.74 Å². The van der Waals surface area contributed by atoms with Crippen LogP contribution in [0.25, 0.3) is 0 Å². The summed E-state index contributed by atoms with van der Waals surface area (Å²) in [6.45, 7) is 6.87. The molecule has 0 bridgehead atoms. The van der Waals surface area contributed by atoms with E-state index < -0.39 is 11.9 Å². The molecule has 1 amide bonds. The zero-order chi connectivity index (χ0) is 28.7. The molecule has 3 heterocycles. The second-order valence-electron chi connectivity index (χ2n) is 12.5. The Kier molecular flexibility index (Phi) is 10.2. The third-order valence-corrected chi connectivity index (χ3v) is 8.40. The Labute approximate surface area is 239 Å². The first kappa shape index (κ1) is 30.1. The van der Waals surface area contributed by atoms with Crippen LogP contribution in [0, 0.1) is 5.92 Å². The summed E-state index contributed by atoms with van der Waals surface area (Å²) in [7, 11) is 6.59. The summed E-state index contributed by atoms with van der Waals surface area (Å²) in [5.41, 5.74) is 2.17. The van der Waals surface area contributed by atoms with E-state index in [0.717, 1.165) is 73.1 Å². The van der Waals surface area contributed by atoms with Gasteiger partial charge in [-0.2, -0.15) is 0 Å². The monoisotopic (exact) mass is 554 g/mol. The van der Waals surface area contributed by atoms with Gasteiger partial charge in [-0.05, 0) is 42.9 Å². The number of hydrogen-bond acceptors (Lipinski definition) is 5. The minimum Gasteiger partial charge on any atom is -0.493 e. The molecule has 9 nitrogen and oxygen atoms in total. The normalized spacial score (nSPS) is 20.9. The molecule has 4 rings (SSSR count). The number of aryl methyl sites for hydroxylation is 1. The highest BCUT2D eigenvalue weighted by atomic mass is 16.5. The van der Waals surface area contributed by atoms with Crippen LogP contribution >= 0.6 is 0 Å². The van der Waals surface area contributed by atoms with Crippen molar-refractivity contribution >= 4 is 11.9 Å². The van der Waals surface area contributed by atoms with Gasteiger partial charge in [0.2, 0.25) is 5.91 Å². The van der Waals surface area contributed by atoms with Crippen molar-refractivity contribution in [1.82, 2.24) is 19.4 Å². The first-order valence-electron chi connectivity index (χ1n) is 14.9. The molecule has 0 radical (unpaired) electrons. The summed E-state index contributed by atoms with van der Waals surface area (Å²) in [6.07, 6.45) is 11.0. The summed E-state index contributed by atoms with van der Waals surface area (Å²) in [4.78, 5) is 34.8. The van der Waals surface area contributed by atoms with Crippen LogP contribution in [0.15, 0.2) is 36.9 Å². The van der Waals surface area contributed by atoms with Gasteiger partial charge in [0.1, 0.15) is 5.75 Å². The Morgan fingerprint density at radius 2 is 1.98 bits per heavy atom. The number of carboxylic acid groups (broad SMARTS) is 1. The van der Waals surface area contributed by atoms with Gasteiger partial charge in [-0.3, -0.25) is 14.5 Å². The van der Waals surface area contributed by atoms with Crippen molar-refractivity contribution in [3.8, 4) is 5.75 Å². The van der Waals surface area contributed by atoms with E-state index in [4.69, 9.17) is 4.74 Å². The highest BCUT2D eigenvalue weighted by molar-refractivity contribution is 5.79. The number of aliphatic carboxylic acids is 1. The summed E-state index contributed by atoms with van der Waals surface area (Å²) >= 11 is 0. The molecule has 2 aliphatic rings. The predicted octanol–water partition coefficient (Wildman–Crippen LogP) is 3.49. The summed E-state index contributed by atoms with van der Waals surface area (Å²) < 4.78 is 8.60. The lowest BCUT2D eigenvalue weighted by Crippen LogP contribution is -2.45. The number of nitrogens with zero attached hydrogens (tertiary/aromatic N) is 5. The average Bonchev–Trinajstić information content (AvgIpc) is 3.66. The maximum Gasteiger partial charge on any atom is 0.308 e. The first-order chi connectivity index (χ1) is 19.2. The number of hydrogen-bond donors (Lipinski definition) is 1. The van der Waals surface area contributed by atoms with Crippen molar-refractivity contribution in [2.45, 2.75) is 64.0 Å². The summed E-state index contributed by atoms with van der Waals surface area (Å²) in [5.74, 6) is -0.564. The molecule has 1 fully saturated rings. The quantitative estimate of drug-likeness (QED) is 0.268. The van der Waals surface area contributed by atoms with Gasteiger partial charge < -0.3 is 23.8 Å². The molecule has 1 aromatic carbocycles. The summed E-state index contributed by atoms with van der Waals surface area (Å²) in [6, 6.07) is 5.88. The van der Waals surface area contributed by atoms with Crippen molar-refractivity contribution < 1.29 is 23.9 Å². The molecule has 0 spiro atoms. The van der Waals surface area contributed by atoms with Gasteiger partial charge in [0.25, 0.3) is 0 Å². The second-order valence-corrected chi connectivity index (χ2v) is 12.5. The van der Waals surface area contributed by atoms with Gasteiger partial charge in [0, 0.05) is 57.0 Å². The van der Waals surface area contributed by atoms with Crippen LogP contribution in [0.4, 0.5) is 0 Å². The highest BCUT2D eigenvalue weighted by Crippen LogP contribution is 2.41. The molecular formula is C31H48N5O4+. The number of carbonyl (C=O) groups excluding carboxylic acids is 1. The number of aromatic nitrogens is 2. The number of unbranched alkanes of at least 4 members (excludes halogenated alkanes) is 2. The van der Waals surface area contributed by atoms with Crippen LogP contribution in [-0.4, -0.2) is 107 Å². The Morgan fingerprint density at radius 3 is 2.67 bits per heavy atom. The number of carboxylic acids is 1. The van der Waals surface area contributed by atoms with Crippen molar-refractivity contribution in [3.05, 3.63) is 48.0 Å². The number of quaternary nitrogens is 1. The standard InChI is InChI=1S/C31H47N5O4/c1-5-6-14-34(15-7-8-18-36(2,3)4)29(37)22-35-21-26(24-9-10-28-25(20-24)12-19-40-28)30(31(38)39)27(35)11-16-33-17-13-32-23-33/h9-10,13,17,20,23,26-27,30H,5-8,11-12,14-16,18-19,21-22H2,1-4H3/p+1/t26-,27+,30?/m1/s1. The van der Waals surface area contributed by atoms with Gasteiger partial charge >= 0.3 is 5.97 Å².